The van der Waals surface area contributed by atoms with Gasteiger partial charge in [0.2, 0.25) is 5.75 Å². The molecule has 0 bridgehead atoms. The highest BCUT2D eigenvalue weighted by molar-refractivity contribution is 5.54. The van der Waals surface area contributed by atoms with E-state index in [0.29, 0.717) is 23.2 Å². The fraction of sp³-hybridized carbons (Fsp3) is 0.625. The SMILES string of the molecule is CCCC(C)CC(NN)c1cc(OC)c(OC)c(OC)c1. The molecule has 0 aliphatic rings. The van der Waals surface area contributed by atoms with E-state index in [1.54, 1.807) is 21.3 Å². The molecule has 21 heavy (non-hydrogen) atoms. The lowest BCUT2D eigenvalue weighted by Crippen LogP contribution is -2.29. The van der Waals surface area contributed by atoms with Crippen molar-refractivity contribution < 1.29 is 14.2 Å². The van der Waals surface area contributed by atoms with E-state index in [0.717, 1.165) is 12.0 Å². The summed E-state index contributed by atoms with van der Waals surface area (Å²) in [5, 5.41) is 0. The number of ether oxygens (including phenoxy) is 3. The quantitative estimate of drug-likeness (QED) is 0.541. The van der Waals surface area contributed by atoms with Gasteiger partial charge >= 0.3 is 0 Å². The summed E-state index contributed by atoms with van der Waals surface area (Å²) < 4.78 is 16.1. The number of hydrogen-bond donors (Lipinski definition) is 2. The average molecular weight is 296 g/mol. The third-order valence-electron chi connectivity index (χ3n) is 3.71. The number of hydrogen-bond acceptors (Lipinski definition) is 5. The molecular weight excluding hydrogens is 268 g/mol. The van der Waals surface area contributed by atoms with Crippen molar-refractivity contribution in [2.45, 2.75) is 39.2 Å². The first-order valence-corrected chi connectivity index (χ1v) is 7.37. The van der Waals surface area contributed by atoms with E-state index >= 15 is 0 Å². The molecule has 0 saturated heterocycles. The maximum Gasteiger partial charge on any atom is 0.203 e. The molecule has 0 aliphatic heterocycles. The number of nitrogens with one attached hydrogen (secondary N) is 1. The van der Waals surface area contributed by atoms with Gasteiger partial charge in [-0.15, -0.1) is 0 Å². The van der Waals surface area contributed by atoms with Crippen molar-refractivity contribution >= 4 is 0 Å². The van der Waals surface area contributed by atoms with Gasteiger partial charge in [-0.1, -0.05) is 26.7 Å². The van der Waals surface area contributed by atoms with Gasteiger partial charge in [0.05, 0.1) is 21.3 Å². The van der Waals surface area contributed by atoms with Gasteiger partial charge in [-0.3, -0.25) is 11.3 Å². The third-order valence-corrected chi connectivity index (χ3v) is 3.71. The van der Waals surface area contributed by atoms with Crippen LogP contribution in [0.15, 0.2) is 12.1 Å². The second-order valence-corrected chi connectivity index (χ2v) is 5.31. The zero-order valence-corrected chi connectivity index (χ0v) is 13.7. The van der Waals surface area contributed by atoms with E-state index in [9.17, 15) is 0 Å². The van der Waals surface area contributed by atoms with Crippen LogP contribution in [0.1, 0.15) is 44.7 Å². The average Bonchev–Trinajstić information content (AvgIpc) is 2.51. The zero-order chi connectivity index (χ0) is 15.8. The summed E-state index contributed by atoms with van der Waals surface area (Å²) in [4.78, 5) is 0. The molecule has 2 atom stereocenters. The van der Waals surface area contributed by atoms with Crippen molar-refractivity contribution in [3.63, 3.8) is 0 Å². The highest BCUT2D eigenvalue weighted by atomic mass is 16.5. The van der Waals surface area contributed by atoms with Gasteiger partial charge in [-0.2, -0.15) is 0 Å². The maximum atomic E-state index is 5.74. The Kier molecular flexibility index (Phi) is 7.32. The smallest absolute Gasteiger partial charge is 0.203 e. The molecule has 0 saturated carbocycles. The predicted molar refractivity (Wildman–Crippen MR) is 84.9 cm³/mol. The summed E-state index contributed by atoms with van der Waals surface area (Å²) in [5.41, 5.74) is 3.93. The zero-order valence-electron chi connectivity index (χ0n) is 13.7. The Balaban J connectivity index is 3.09. The molecule has 5 nitrogen and oxygen atoms in total. The minimum atomic E-state index is 0.0558. The topological polar surface area (TPSA) is 65.7 Å². The molecule has 0 amide bonds. The molecule has 1 aromatic carbocycles. The maximum absolute atomic E-state index is 5.74. The van der Waals surface area contributed by atoms with Crippen molar-refractivity contribution in [3.05, 3.63) is 17.7 Å². The molecule has 0 radical (unpaired) electrons. The first-order valence-electron chi connectivity index (χ1n) is 7.37. The van der Waals surface area contributed by atoms with Crippen LogP contribution in [-0.4, -0.2) is 21.3 Å². The van der Waals surface area contributed by atoms with Gasteiger partial charge in [-0.05, 0) is 30.0 Å². The Bertz CT molecular complexity index is 413. The van der Waals surface area contributed by atoms with Gasteiger partial charge in [0.1, 0.15) is 0 Å². The van der Waals surface area contributed by atoms with Crippen LogP contribution in [0, 0.1) is 5.92 Å². The molecule has 0 aliphatic carbocycles. The molecule has 0 heterocycles. The van der Waals surface area contributed by atoms with E-state index in [1.807, 2.05) is 12.1 Å². The molecular formula is C16H28N2O3. The number of nitrogens with two attached hydrogens (primary N) is 1. The Morgan fingerprint density at radius 3 is 2.05 bits per heavy atom. The van der Waals surface area contributed by atoms with E-state index < -0.39 is 0 Å². The molecule has 120 valence electrons. The van der Waals surface area contributed by atoms with Gasteiger partial charge < -0.3 is 14.2 Å². The Morgan fingerprint density at radius 2 is 1.67 bits per heavy atom. The van der Waals surface area contributed by atoms with Gasteiger partial charge in [0.15, 0.2) is 11.5 Å². The van der Waals surface area contributed by atoms with E-state index in [-0.39, 0.29) is 6.04 Å². The summed E-state index contributed by atoms with van der Waals surface area (Å²) in [6.07, 6.45) is 3.32. The van der Waals surface area contributed by atoms with Crippen LogP contribution in [-0.2, 0) is 0 Å². The van der Waals surface area contributed by atoms with E-state index in [1.165, 1.54) is 12.8 Å². The monoisotopic (exact) mass is 296 g/mol. The number of rotatable bonds is 9. The minimum absolute atomic E-state index is 0.0558. The molecule has 2 unspecified atom stereocenters. The fourth-order valence-electron chi connectivity index (χ4n) is 2.62. The Morgan fingerprint density at radius 1 is 1.10 bits per heavy atom. The minimum Gasteiger partial charge on any atom is -0.493 e. The van der Waals surface area contributed by atoms with Crippen LogP contribution in [0.3, 0.4) is 0 Å². The van der Waals surface area contributed by atoms with Crippen LogP contribution < -0.4 is 25.5 Å². The molecule has 0 spiro atoms. The second-order valence-electron chi connectivity index (χ2n) is 5.31. The van der Waals surface area contributed by atoms with Crippen molar-refractivity contribution in [1.82, 2.24) is 5.43 Å². The molecule has 0 fully saturated rings. The van der Waals surface area contributed by atoms with Gasteiger partial charge in [-0.25, -0.2) is 0 Å². The molecule has 3 N–H and O–H groups in total. The summed E-state index contributed by atoms with van der Waals surface area (Å²) >= 11 is 0. The predicted octanol–water partition coefficient (Wildman–Crippen LogP) is 3.04. The standard InChI is InChI=1S/C16H28N2O3/c1-6-7-11(2)8-13(18-17)12-9-14(19-3)16(21-5)15(10-12)20-4/h9-11,13,18H,6-8,17H2,1-5H3. The number of hydrazine groups is 1. The Hall–Kier alpha value is -1.46. The van der Waals surface area contributed by atoms with Gasteiger partial charge in [0.25, 0.3) is 0 Å². The van der Waals surface area contributed by atoms with Crippen molar-refractivity contribution in [2.75, 3.05) is 21.3 Å². The molecule has 5 heteroatoms. The van der Waals surface area contributed by atoms with Crippen LogP contribution >= 0.6 is 0 Å². The molecule has 1 rings (SSSR count). The van der Waals surface area contributed by atoms with Crippen molar-refractivity contribution in [1.29, 1.82) is 0 Å². The van der Waals surface area contributed by atoms with Crippen molar-refractivity contribution in [3.8, 4) is 17.2 Å². The fourth-order valence-corrected chi connectivity index (χ4v) is 2.62. The summed E-state index contributed by atoms with van der Waals surface area (Å²) in [5.74, 6) is 8.23. The summed E-state index contributed by atoms with van der Waals surface area (Å²) in [6, 6.07) is 3.95. The van der Waals surface area contributed by atoms with E-state index in [4.69, 9.17) is 20.1 Å². The highest BCUT2D eigenvalue weighted by Gasteiger charge is 2.19. The first kappa shape index (κ1) is 17.6. The Labute approximate surface area is 127 Å². The third kappa shape index (κ3) is 4.51. The second kappa shape index (κ2) is 8.74. The lowest BCUT2D eigenvalue weighted by atomic mass is 9.93. The molecule has 0 aromatic heterocycles. The van der Waals surface area contributed by atoms with Gasteiger partial charge in [0, 0.05) is 6.04 Å². The molecule has 1 aromatic rings. The largest absolute Gasteiger partial charge is 0.493 e. The number of methoxy groups -OCH3 is 3. The van der Waals surface area contributed by atoms with Crippen LogP contribution in [0.5, 0.6) is 17.2 Å². The van der Waals surface area contributed by atoms with Crippen LogP contribution in [0.25, 0.3) is 0 Å². The lowest BCUT2D eigenvalue weighted by Gasteiger charge is -2.22. The summed E-state index contributed by atoms with van der Waals surface area (Å²) in [7, 11) is 4.83. The van der Waals surface area contributed by atoms with Crippen LogP contribution in [0.4, 0.5) is 0 Å². The summed E-state index contributed by atoms with van der Waals surface area (Å²) in [6.45, 7) is 4.44. The van der Waals surface area contributed by atoms with E-state index in [2.05, 4.69) is 19.3 Å². The number of benzene rings is 1. The van der Waals surface area contributed by atoms with Crippen molar-refractivity contribution in [2.24, 2.45) is 11.8 Å². The highest BCUT2D eigenvalue weighted by Crippen LogP contribution is 2.40. The lowest BCUT2D eigenvalue weighted by molar-refractivity contribution is 0.321. The van der Waals surface area contributed by atoms with Crippen LogP contribution in [0.2, 0.25) is 0 Å². The normalized spacial score (nSPS) is 13.6. The first-order chi connectivity index (χ1) is 10.1.